The minimum absolute atomic E-state index is 0. The van der Waals surface area contributed by atoms with Crippen LogP contribution in [0.1, 0.15) is 28.9 Å². The lowest BCUT2D eigenvalue weighted by molar-refractivity contribution is 0.190. The van der Waals surface area contributed by atoms with Gasteiger partial charge in [-0.25, -0.2) is 0 Å². The number of halogens is 1. The highest BCUT2D eigenvalue weighted by Gasteiger charge is 2.25. The van der Waals surface area contributed by atoms with E-state index in [-0.39, 0.29) is 18.4 Å². The van der Waals surface area contributed by atoms with Crippen molar-refractivity contribution in [2.75, 3.05) is 26.7 Å². The molecule has 0 bridgehead atoms. The van der Waals surface area contributed by atoms with Crippen molar-refractivity contribution in [1.82, 2.24) is 20.4 Å². The number of piperazine rings is 1. The van der Waals surface area contributed by atoms with Crippen LogP contribution in [-0.4, -0.2) is 41.7 Å². The summed E-state index contributed by atoms with van der Waals surface area (Å²) in [7, 11) is 2.11. The average Bonchev–Trinajstić information content (AvgIpc) is 2.96. The maximum Gasteiger partial charge on any atom is 0.236 e. The number of hydrogen-bond acceptors (Lipinski definition) is 6. The molecular formula is C16H23ClN4OS. The number of likely N-dealkylation sites (N-methyl/N-ethyl adjacent to an activating group) is 1. The number of nitrogens with zero attached hydrogens (tertiary/aromatic N) is 3. The van der Waals surface area contributed by atoms with Crippen LogP contribution in [0.5, 0.6) is 0 Å². The molecule has 1 atom stereocenters. The van der Waals surface area contributed by atoms with Gasteiger partial charge in [-0.1, -0.05) is 35.0 Å². The van der Waals surface area contributed by atoms with Gasteiger partial charge in [0, 0.05) is 25.4 Å². The number of nitrogens with one attached hydrogen (secondary N) is 1. The van der Waals surface area contributed by atoms with E-state index in [1.54, 1.807) is 11.8 Å². The van der Waals surface area contributed by atoms with Crippen molar-refractivity contribution in [1.29, 1.82) is 0 Å². The van der Waals surface area contributed by atoms with Crippen LogP contribution >= 0.6 is 24.2 Å². The number of aryl methyl sites for hydroxylation is 1. The first kappa shape index (κ1) is 18.3. The summed E-state index contributed by atoms with van der Waals surface area (Å²) in [5, 5.41) is 7.52. The molecule has 1 aromatic carbocycles. The van der Waals surface area contributed by atoms with E-state index in [9.17, 15) is 0 Å². The smallest absolute Gasteiger partial charge is 0.236 e. The highest BCUT2D eigenvalue weighted by molar-refractivity contribution is 7.97. The quantitative estimate of drug-likeness (QED) is 0.891. The number of aromatic nitrogens is 2. The molecule has 2 aromatic rings. The van der Waals surface area contributed by atoms with Gasteiger partial charge in [0.15, 0.2) is 5.82 Å². The largest absolute Gasteiger partial charge is 0.338 e. The molecule has 0 amide bonds. The molecule has 7 heteroatoms. The molecule has 5 nitrogen and oxygen atoms in total. The fourth-order valence-electron chi connectivity index (χ4n) is 2.61. The molecule has 0 saturated carbocycles. The minimum atomic E-state index is 0. The van der Waals surface area contributed by atoms with Crippen molar-refractivity contribution < 1.29 is 4.52 Å². The van der Waals surface area contributed by atoms with Crippen LogP contribution in [0, 0.1) is 6.92 Å². The molecule has 3 rings (SSSR count). The van der Waals surface area contributed by atoms with Gasteiger partial charge in [0.1, 0.15) is 0 Å². The Morgan fingerprint density at radius 1 is 1.39 bits per heavy atom. The molecule has 2 heterocycles. The molecule has 126 valence electrons. The Kier molecular flexibility index (Phi) is 6.89. The third kappa shape index (κ3) is 4.94. The molecule has 1 aliphatic heterocycles. The van der Waals surface area contributed by atoms with E-state index in [1.807, 2.05) is 0 Å². The van der Waals surface area contributed by atoms with Gasteiger partial charge in [-0.3, -0.25) is 4.90 Å². The Labute approximate surface area is 147 Å². The van der Waals surface area contributed by atoms with Crippen molar-refractivity contribution >= 4 is 24.2 Å². The van der Waals surface area contributed by atoms with Gasteiger partial charge in [-0.2, -0.15) is 4.98 Å². The summed E-state index contributed by atoms with van der Waals surface area (Å²) in [6, 6.07) is 8.80. The zero-order valence-corrected chi connectivity index (χ0v) is 15.1. The van der Waals surface area contributed by atoms with E-state index >= 15 is 0 Å². The third-order valence-electron chi connectivity index (χ3n) is 3.87. The number of thioether (sulfide) groups is 1. The van der Waals surface area contributed by atoms with Gasteiger partial charge in [0.05, 0.1) is 11.8 Å². The first-order valence-electron chi connectivity index (χ1n) is 7.59. The SMILES string of the molecule is Cc1cccc(CSCc2nc(C3CNCCN3C)no2)c1.Cl. The van der Waals surface area contributed by atoms with E-state index in [0.717, 1.165) is 37.0 Å². The minimum Gasteiger partial charge on any atom is -0.338 e. The third-order valence-corrected chi connectivity index (χ3v) is 4.86. The first-order valence-corrected chi connectivity index (χ1v) is 8.74. The lowest BCUT2D eigenvalue weighted by Crippen LogP contribution is -2.44. The van der Waals surface area contributed by atoms with Gasteiger partial charge in [0.25, 0.3) is 0 Å². The summed E-state index contributed by atoms with van der Waals surface area (Å²) >= 11 is 1.80. The number of hydrogen-bond donors (Lipinski definition) is 1. The molecule has 1 N–H and O–H groups in total. The monoisotopic (exact) mass is 354 g/mol. The first-order chi connectivity index (χ1) is 10.7. The van der Waals surface area contributed by atoms with Crippen molar-refractivity contribution in [3.63, 3.8) is 0 Å². The molecule has 1 saturated heterocycles. The summed E-state index contributed by atoms with van der Waals surface area (Å²) in [6.45, 7) is 5.03. The van der Waals surface area contributed by atoms with Gasteiger partial charge in [-0.15, -0.1) is 24.2 Å². The van der Waals surface area contributed by atoms with Gasteiger partial charge in [0.2, 0.25) is 5.89 Å². The topological polar surface area (TPSA) is 54.2 Å². The van der Waals surface area contributed by atoms with Crippen LogP contribution in [0.4, 0.5) is 0 Å². The molecule has 0 aliphatic carbocycles. The van der Waals surface area contributed by atoms with Crippen molar-refractivity contribution in [3.8, 4) is 0 Å². The standard InChI is InChI=1S/C16H22N4OS.ClH/c1-12-4-3-5-13(8-12)10-22-11-15-18-16(19-21-15)14-9-17-6-7-20(14)2;/h3-5,8,14,17H,6-7,9-11H2,1-2H3;1H. The second-order valence-corrected chi connectivity index (χ2v) is 6.71. The summed E-state index contributed by atoms with van der Waals surface area (Å²) < 4.78 is 5.39. The van der Waals surface area contributed by atoms with E-state index in [4.69, 9.17) is 4.52 Å². The van der Waals surface area contributed by atoms with Crippen LogP contribution in [0.25, 0.3) is 0 Å². The van der Waals surface area contributed by atoms with E-state index < -0.39 is 0 Å². The lowest BCUT2D eigenvalue weighted by Gasteiger charge is -2.30. The summed E-state index contributed by atoms with van der Waals surface area (Å²) in [4.78, 5) is 6.82. The van der Waals surface area contributed by atoms with Crippen LogP contribution in [-0.2, 0) is 11.5 Å². The molecule has 0 radical (unpaired) electrons. The second kappa shape index (κ2) is 8.68. The number of rotatable bonds is 5. The predicted octanol–water partition coefficient (Wildman–Crippen LogP) is 2.81. The normalized spacial score (nSPS) is 18.6. The molecule has 1 aromatic heterocycles. The van der Waals surface area contributed by atoms with E-state index in [0.29, 0.717) is 5.89 Å². The van der Waals surface area contributed by atoms with Crippen molar-refractivity contribution in [3.05, 3.63) is 47.1 Å². The maximum absolute atomic E-state index is 5.39. The fourth-order valence-corrected chi connectivity index (χ4v) is 3.42. The van der Waals surface area contributed by atoms with Crippen molar-refractivity contribution in [2.24, 2.45) is 0 Å². The number of benzene rings is 1. The highest BCUT2D eigenvalue weighted by Crippen LogP contribution is 2.21. The van der Waals surface area contributed by atoms with E-state index in [1.165, 1.54) is 11.1 Å². The van der Waals surface area contributed by atoms with Crippen LogP contribution in [0.2, 0.25) is 0 Å². The lowest BCUT2D eigenvalue weighted by atomic mass is 10.2. The van der Waals surface area contributed by atoms with Crippen LogP contribution < -0.4 is 5.32 Å². The second-order valence-electron chi connectivity index (χ2n) is 5.73. The van der Waals surface area contributed by atoms with E-state index in [2.05, 4.69) is 58.6 Å². The Balaban J connectivity index is 0.00000192. The molecule has 23 heavy (non-hydrogen) atoms. The van der Waals surface area contributed by atoms with Gasteiger partial charge in [-0.05, 0) is 19.5 Å². The Hall–Kier alpha value is -1.08. The highest BCUT2D eigenvalue weighted by atomic mass is 35.5. The summed E-state index contributed by atoms with van der Waals surface area (Å²) in [6.07, 6.45) is 0. The Morgan fingerprint density at radius 2 is 2.26 bits per heavy atom. The maximum atomic E-state index is 5.39. The van der Waals surface area contributed by atoms with Crippen LogP contribution in [0.3, 0.4) is 0 Å². The molecule has 1 unspecified atom stereocenters. The van der Waals surface area contributed by atoms with Gasteiger partial charge < -0.3 is 9.84 Å². The predicted molar refractivity (Wildman–Crippen MR) is 96.0 cm³/mol. The Morgan fingerprint density at radius 3 is 3.04 bits per heavy atom. The van der Waals surface area contributed by atoms with Gasteiger partial charge >= 0.3 is 0 Å². The molecule has 1 aliphatic rings. The molecule has 0 spiro atoms. The molecular weight excluding hydrogens is 332 g/mol. The fraction of sp³-hybridized carbons (Fsp3) is 0.500. The Bertz CT molecular complexity index is 622. The van der Waals surface area contributed by atoms with Crippen LogP contribution in [0.15, 0.2) is 28.8 Å². The van der Waals surface area contributed by atoms with Crippen molar-refractivity contribution in [2.45, 2.75) is 24.5 Å². The zero-order chi connectivity index (χ0) is 15.4. The average molecular weight is 355 g/mol. The summed E-state index contributed by atoms with van der Waals surface area (Å²) in [5.74, 6) is 3.22. The summed E-state index contributed by atoms with van der Waals surface area (Å²) in [5.41, 5.74) is 2.63. The molecule has 1 fully saturated rings. The zero-order valence-electron chi connectivity index (χ0n) is 13.5.